The highest BCUT2D eigenvalue weighted by Crippen LogP contribution is 2.24. The maximum absolute atomic E-state index is 13.6. The van der Waals surface area contributed by atoms with E-state index in [1.54, 1.807) is 34.4 Å². The first-order chi connectivity index (χ1) is 23.5. The summed E-state index contributed by atoms with van der Waals surface area (Å²) in [7, 11) is 1.87. The van der Waals surface area contributed by atoms with E-state index in [0.29, 0.717) is 42.5 Å². The van der Waals surface area contributed by atoms with Crippen LogP contribution in [0.4, 0.5) is 16.6 Å². The molecule has 0 aliphatic rings. The number of urea groups is 1. The molecule has 5 aromatic heterocycles. The summed E-state index contributed by atoms with van der Waals surface area (Å²) in [4.78, 5) is 33.5. The SMILES string of the molecule is CCCC(CCCN(C(=O)NCc1ccccc1)c1ccc(-c2cnn(C)c2)cn1)Nc1ncc(C#N)c(-c2ccc3nccn3c2)n1. The first-order valence-electron chi connectivity index (χ1n) is 16.0. The Morgan fingerprint density at radius 2 is 1.81 bits per heavy atom. The molecule has 5 heterocycles. The number of hydrogen-bond acceptors (Lipinski definition) is 8. The van der Waals surface area contributed by atoms with Crippen LogP contribution in [0.1, 0.15) is 43.7 Å². The average molecular weight is 640 g/mol. The molecule has 12 nitrogen and oxygen atoms in total. The van der Waals surface area contributed by atoms with Crippen LogP contribution in [0, 0.1) is 11.3 Å². The third kappa shape index (κ3) is 7.64. The first-order valence-corrected chi connectivity index (χ1v) is 16.0. The van der Waals surface area contributed by atoms with E-state index in [1.807, 2.05) is 84.6 Å². The Labute approximate surface area is 279 Å². The molecule has 1 unspecified atom stereocenters. The van der Waals surface area contributed by atoms with E-state index in [-0.39, 0.29) is 12.1 Å². The van der Waals surface area contributed by atoms with Gasteiger partial charge >= 0.3 is 6.03 Å². The fraction of sp³-hybridized carbons (Fsp3) is 0.250. The summed E-state index contributed by atoms with van der Waals surface area (Å²) in [6.45, 7) is 3.01. The molecule has 0 aliphatic heterocycles. The van der Waals surface area contributed by atoms with Crippen molar-refractivity contribution in [1.29, 1.82) is 5.26 Å². The Morgan fingerprint density at radius 3 is 2.56 bits per heavy atom. The quantitative estimate of drug-likeness (QED) is 0.151. The summed E-state index contributed by atoms with van der Waals surface area (Å²) in [6.07, 6.45) is 15.9. The third-order valence-electron chi connectivity index (χ3n) is 8.07. The van der Waals surface area contributed by atoms with Crippen LogP contribution in [0.25, 0.3) is 28.0 Å². The number of pyridine rings is 2. The van der Waals surface area contributed by atoms with Gasteiger partial charge in [-0.05, 0) is 49.1 Å². The minimum Gasteiger partial charge on any atom is -0.351 e. The Hall–Kier alpha value is -6.09. The molecular weight excluding hydrogens is 602 g/mol. The molecule has 1 aromatic carbocycles. The molecule has 6 rings (SSSR count). The van der Waals surface area contributed by atoms with Crippen molar-refractivity contribution in [1.82, 2.24) is 39.4 Å². The van der Waals surface area contributed by atoms with E-state index in [1.165, 1.54) is 0 Å². The van der Waals surface area contributed by atoms with Crippen LogP contribution >= 0.6 is 0 Å². The van der Waals surface area contributed by atoms with E-state index < -0.39 is 0 Å². The van der Waals surface area contributed by atoms with Crippen molar-refractivity contribution in [3.63, 3.8) is 0 Å². The van der Waals surface area contributed by atoms with E-state index in [9.17, 15) is 10.1 Å². The van der Waals surface area contributed by atoms with Gasteiger partial charge in [0.25, 0.3) is 0 Å². The van der Waals surface area contributed by atoms with Crippen LogP contribution in [0.5, 0.6) is 0 Å². The van der Waals surface area contributed by atoms with Gasteiger partial charge in [0.15, 0.2) is 0 Å². The summed E-state index contributed by atoms with van der Waals surface area (Å²) in [5.41, 5.74) is 5.47. The number of hydrogen-bond donors (Lipinski definition) is 2. The number of aryl methyl sites for hydroxylation is 1. The summed E-state index contributed by atoms with van der Waals surface area (Å²) >= 11 is 0. The maximum atomic E-state index is 13.6. The molecule has 1 atom stereocenters. The second kappa shape index (κ2) is 15.0. The van der Waals surface area contributed by atoms with Crippen molar-refractivity contribution in [2.75, 3.05) is 16.8 Å². The number of amides is 2. The van der Waals surface area contributed by atoms with Crippen molar-refractivity contribution in [3.8, 4) is 28.5 Å². The van der Waals surface area contributed by atoms with Crippen LogP contribution in [-0.4, -0.2) is 52.7 Å². The van der Waals surface area contributed by atoms with Crippen molar-refractivity contribution >= 4 is 23.4 Å². The fourth-order valence-electron chi connectivity index (χ4n) is 5.60. The maximum Gasteiger partial charge on any atom is 0.323 e. The van der Waals surface area contributed by atoms with E-state index in [4.69, 9.17) is 4.98 Å². The Balaban J connectivity index is 1.16. The van der Waals surface area contributed by atoms with Gasteiger partial charge in [-0.2, -0.15) is 10.4 Å². The number of benzene rings is 1. The van der Waals surface area contributed by atoms with Gasteiger partial charge in [0.2, 0.25) is 5.95 Å². The average Bonchev–Trinajstić information content (AvgIpc) is 3.78. The van der Waals surface area contributed by atoms with Gasteiger partial charge in [-0.15, -0.1) is 0 Å². The number of anilines is 2. The van der Waals surface area contributed by atoms with E-state index in [0.717, 1.165) is 47.2 Å². The number of nitrogens with zero attached hydrogens (tertiary/aromatic N) is 9. The summed E-state index contributed by atoms with van der Waals surface area (Å²) in [5.74, 6) is 1.03. The lowest BCUT2D eigenvalue weighted by atomic mass is 10.1. The summed E-state index contributed by atoms with van der Waals surface area (Å²) < 4.78 is 3.64. The molecule has 6 aromatic rings. The van der Waals surface area contributed by atoms with Crippen molar-refractivity contribution in [3.05, 3.63) is 109 Å². The standard InChI is InChI=1S/C36H37N11O/c1-3-8-31(43-35-40-22-29(19-37)34(44-35)28-13-14-32-38-16-18-46(32)25-28)11-7-17-47(36(48)41-20-26-9-5-4-6-10-26)33-15-12-27(21-39-33)30-23-42-45(2)24-30/h4-6,9-10,12-16,18,21-25,31H,3,7-8,11,17,20H2,1-2H3,(H,41,48)(H,40,43,44). The Bertz CT molecular complexity index is 2010. The minimum atomic E-state index is -0.213. The molecule has 48 heavy (non-hydrogen) atoms. The lowest BCUT2D eigenvalue weighted by Gasteiger charge is -2.24. The van der Waals surface area contributed by atoms with Crippen molar-refractivity contribution < 1.29 is 4.79 Å². The van der Waals surface area contributed by atoms with Crippen LogP contribution in [-0.2, 0) is 13.6 Å². The highest BCUT2D eigenvalue weighted by Gasteiger charge is 2.19. The molecule has 0 saturated carbocycles. The number of imidazole rings is 1. The monoisotopic (exact) mass is 639 g/mol. The van der Waals surface area contributed by atoms with Gasteiger partial charge in [-0.1, -0.05) is 43.7 Å². The van der Waals surface area contributed by atoms with Crippen LogP contribution in [0.2, 0.25) is 0 Å². The number of nitriles is 1. The number of aromatic nitrogens is 7. The molecule has 0 bridgehead atoms. The Morgan fingerprint density at radius 1 is 0.958 bits per heavy atom. The lowest BCUT2D eigenvalue weighted by Crippen LogP contribution is -2.41. The van der Waals surface area contributed by atoms with Gasteiger partial charge in [-0.25, -0.2) is 24.7 Å². The van der Waals surface area contributed by atoms with Crippen LogP contribution in [0.15, 0.2) is 98.0 Å². The summed E-state index contributed by atoms with van der Waals surface area (Å²) in [6, 6.07) is 19.5. The second-order valence-corrected chi connectivity index (χ2v) is 11.6. The molecule has 0 radical (unpaired) electrons. The molecule has 242 valence electrons. The molecule has 12 heteroatoms. The largest absolute Gasteiger partial charge is 0.351 e. The van der Waals surface area contributed by atoms with Crippen LogP contribution < -0.4 is 15.5 Å². The van der Waals surface area contributed by atoms with E-state index in [2.05, 4.69) is 43.7 Å². The Kier molecular flexibility index (Phi) is 9.96. The number of nitrogens with one attached hydrogen (secondary N) is 2. The van der Waals surface area contributed by atoms with Gasteiger partial charge in [0, 0.05) is 73.9 Å². The third-order valence-corrected chi connectivity index (χ3v) is 8.07. The highest BCUT2D eigenvalue weighted by molar-refractivity contribution is 5.91. The predicted octanol–water partition coefficient (Wildman–Crippen LogP) is 6.24. The zero-order chi connectivity index (χ0) is 33.3. The fourth-order valence-corrected chi connectivity index (χ4v) is 5.60. The van der Waals surface area contributed by atoms with Crippen molar-refractivity contribution in [2.45, 2.75) is 45.2 Å². The smallest absolute Gasteiger partial charge is 0.323 e. The van der Waals surface area contributed by atoms with Crippen LogP contribution in [0.3, 0.4) is 0 Å². The van der Waals surface area contributed by atoms with Gasteiger partial charge in [0.05, 0.1) is 23.7 Å². The number of fused-ring (bicyclic) bond motifs is 1. The number of carbonyl (C=O) groups excluding carboxylic acids is 1. The topological polar surface area (TPSA) is 142 Å². The first kappa shape index (κ1) is 31.9. The number of rotatable bonds is 13. The van der Waals surface area contributed by atoms with Gasteiger partial charge < -0.3 is 15.0 Å². The molecule has 2 amide bonds. The molecule has 0 fully saturated rings. The predicted molar refractivity (Wildman–Crippen MR) is 185 cm³/mol. The number of carbonyl (C=O) groups is 1. The lowest BCUT2D eigenvalue weighted by molar-refractivity contribution is 0.245. The van der Waals surface area contributed by atoms with E-state index >= 15 is 0 Å². The second-order valence-electron chi connectivity index (χ2n) is 11.6. The molecular formula is C36H37N11O. The minimum absolute atomic E-state index is 0.0575. The zero-order valence-corrected chi connectivity index (χ0v) is 27.0. The zero-order valence-electron chi connectivity index (χ0n) is 27.0. The molecule has 2 N–H and O–H groups in total. The van der Waals surface area contributed by atoms with Gasteiger partial charge in [0.1, 0.15) is 17.5 Å². The van der Waals surface area contributed by atoms with Crippen molar-refractivity contribution in [2.24, 2.45) is 7.05 Å². The molecule has 0 spiro atoms. The molecule has 0 saturated heterocycles. The van der Waals surface area contributed by atoms with Gasteiger partial charge in [-0.3, -0.25) is 9.58 Å². The molecule has 0 aliphatic carbocycles. The highest BCUT2D eigenvalue weighted by atomic mass is 16.2. The summed E-state index contributed by atoms with van der Waals surface area (Å²) in [5, 5.41) is 20.6. The normalized spacial score (nSPS) is 11.6.